The Kier molecular flexibility index (Phi) is 4.05. The van der Waals surface area contributed by atoms with E-state index in [0.29, 0.717) is 0 Å². The number of hydrogen-bond donors (Lipinski definition) is 1. The molecule has 0 atom stereocenters. The summed E-state index contributed by atoms with van der Waals surface area (Å²) in [5.41, 5.74) is 7.43. The lowest BCUT2D eigenvalue weighted by molar-refractivity contribution is 0.353. The lowest BCUT2D eigenvalue weighted by Gasteiger charge is -2.06. The number of aryl methyl sites for hydroxylation is 1. The van der Waals surface area contributed by atoms with Gasteiger partial charge in [-0.25, -0.2) is 0 Å². The molecular weight excluding hydrogens is 258 g/mol. The Morgan fingerprint density at radius 3 is 2.52 bits per heavy atom. The van der Waals surface area contributed by atoms with E-state index >= 15 is 0 Å². The zero-order valence-electron chi connectivity index (χ0n) is 13.8. The molecule has 114 valence electrons. The molecule has 21 heavy (non-hydrogen) atoms. The topological polar surface area (TPSA) is 20.2 Å². The molecule has 1 N–H and O–H groups in total. The summed E-state index contributed by atoms with van der Waals surface area (Å²) in [6, 6.07) is 4.88. The van der Waals surface area contributed by atoms with Crippen molar-refractivity contribution in [3.8, 4) is 0 Å². The van der Waals surface area contributed by atoms with E-state index in [4.69, 9.17) is 0 Å². The Morgan fingerprint density at radius 2 is 1.86 bits per heavy atom. The third-order valence-corrected chi connectivity index (χ3v) is 4.77. The summed E-state index contributed by atoms with van der Waals surface area (Å²) in [6.45, 7) is 12.0. The van der Waals surface area contributed by atoms with Crippen LogP contribution >= 0.6 is 0 Å². The lowest BCUT2D eigenvalue weighted by atomic mass is 10.0. The van der Waals surface area contributed by atoms with Crippen molar-refractivity contribution in [1.29, 1.82) is 0 Å². The highest BCUT2D eigenvalue weighted by Crippen LogP contribution is 2.32. The van der Waals surface area contributed by atoms with Crippen LogP contribution in [-0.4, -0.2) is 29.6 Å². The number of likely N-dealkylation sites (N-methyl/N-ethyl adjacent to an activating group) is 1. The molecule has 0 amide bonds. The van der Waals surface area contributed by atoms with E-state index in [9.17, 15) is 0 Å². The first kappa shape index (κ1) is 14.6. The SMILES string of the molecule is CCNCCc1c(C)n(CC)c2cc3c(cc12)CN(C)C3. The van der Waals surface area contributed by atoms with Gasteiger partial charge in [0.2, 0.25) is 0 Å². The van der Waals surface area contributed by atoms with Gasteiger partial charge < -0.3 is 9.88 Å². The number of benzene rings is 1. The minimum absolute atomic E-state index is 1.05. The van der Waals surface area contributed by atoms with Gasteiger partial charge in [-0.2, -0.15) is 0 Å². The Labute approximate surface area is 127 Å². The van der Waals surface area contributed by atoms with E-state index in [1.807, 2.05) is 0 Å². The average molecular weight is 285 g/mol. The number of hydrogen-bond acceptors (Lipinski definition) is 2. The molecule has 0 unspecified atom stereocenters. The van der Waals surface area contributed by atoms with Gasteiger partial charge in [0.25, 0.3) is 0 Å². The smallest absolute Gasteiger partial charge is 0.0488 e. The van der Waals surface area contributed by atoms with Crippen LogP contribution < -0.4 is 5.32 Å². The molecule has 1 aliphatic heterocycles. The predicted molar refractivity (Wildman–Crippen MR) is 89.8 cm³/mol. The predicted octanol–water partition coefficient (Wildman–Crippen LogP) is 3.07. The minimum Gasteiger partial charge on any atom is -0.345 e. The molecule has 2 aromatic rings. The van der Waals surface area contributed by atoms with Crippen LogP contribution in [0.25, 0.3) is 10.9 Å². The first-order valence-corrected chi connectivity index (χ1v) is 8.18. The summed E-state index contributed by atoms with van der Waals surface area (Å²) in [5, 5.41) is 4.93. The van der Waals surface area contributed by atoms with Gasteiger partial charge in [-0.15, -0.1) is 0 Å². The number of fused-ring (bicyclic) bond motifs is 2. The molecule has 0 fully saturated rings. The average Bonchev–Trinajstić information content (AvgIpc) is 2.93. The fourth-order valence-corrected chi connectivity index (χ4v) is 3.72. The van der Waals surface area contributed by atoms with Crippen molar-refractivity contribution in [2.75, 3.05) is 20.1 Å². The van der Waals surface area contributed by atoms with Gasteiger partial charge in [-0.05, 0) is 69.2 Å². The van der Waals surface area contributed by atoms with Crippen molar-refractivity contribution in [3.63, 3.8) is 0 Å². The van der Waals surface area contributed by atoms with Crippen molar-refractivity contribution >= 4 is 10.9 Å². The van der Waals surface area contributed by atoms with Crippen molar-refractivity contribution < 1.29 is 0 Å². The van der Waals surface area contributed by atoms with E-state index < -0.39 is 0 Å². The summed E-state index contributed by atoms with van der Waals surface area (Å²) in [5.74, 6) is 0. The molecule has 3 rings (SSSR count). The summed E-state index contributed by atoms with van der Waals surface area (Å²) < 4.78 is 2.48. The van der Waals surface area contributed by atoms with Crippen LogP contribution in [0.15, 0.2) is 12.1 Å². The quantitative estimate of drug-likeness (QED) is 0.852. The standard InChI is InChI=1S/C18H27N3/c1-5-19-8-7-16-13(3)21(6-2)18-10-15-12-20(4)11-14(15)9-17(16)18/h9-10,19H,5-8,11-12H2,1-4H3. The van der Waals surface area contributed by atoms with Crippen molar-refractivity contribution in [1.82, 2.24) is 14.8 Å². The van der Waals surface area contributed by atoms with Crippen molar-refractivity contribution in [3.05, 3.63) is 34.5 Å². The molecule has 0 radical (unpaired) electrons. The molecule has 0 spiro atoms. The second-order valence-corrected chi connectivity index (χ2v) is 6.22. The summed E-state index contributed by atoms with van der Waals surface area (Å²) in [7, 11) is 2.20. The number of aromatic nitrogens is 1. The first-order chi connectivity index (χ1) is 10.2. The molecule has 1 aromatic heterocycles. The zero-order chi connectivity index (χ0) is 15.0. The van der Waals surface area contributed by atoms with Gasteiger partial charge in [0.15, 0.2) is 0 Å². The Morgan fingerprint density at radius 1 is 1.14 bits per heavy atom. The number of nitrogens with one attached hydrogen (secondary N) is 1. The Bertz CT molecular complexity index is 654. The second kappa shape index (κ2) is 5.82. The van der Waals surface area contributed by atoms with E-state index in [1.165, 1.54) is 33.3 Å². The first-order valence-electron chi connectivity index (χ1n) is 8.18. The van der Waals surface area contributed by atoms with Gasteiger partial charge in [0.05, 0.1) is 0 Å². The molecule has 0 bridgehead atoms. The maximum atomic E-state index is 3.46. The zero-order valence-corrected chi connectivity index (χ0v) is 13.8. The van der Waals surface area contributed by atoms with Crippen LogP contribution in [0.5, 0.6) is 0 Å². The van der Waals surface area contributed by atoms with Gasteiger partial charge in [-0.1, -0.05) is 6.92 Å². The minimum atomic E-state index is 1.05. The summed E-state index contributed by atoms with van der Waals surface area (Å²) in [6.07, 6.45) is 1.12. The lowest BCUT2D eigenvalue weighted by Crippen LogP contribution is -2.16. The highest BCUT2D eigenvalue weighted by Gasteiger charge is 2.20. The van der Waals surface area contributed by atoms with E-state index in [2.05, 4.69) is 54.7 Å². The number of nitrogens with zero attached hydrogens (tertiary/aromatic N) is 2. The maximum absolute atomic E-state index is 3.46. The van der Waals surface area contributed by atoms with Crippen LogP contribution in [0.4, 0.5) is 0 Å². The largest absolute Gasteiger partial charge is 0.345 e. The van der Waals surface area contributed by atoms with E-state index in [1.54, 1.807) is 0 Å². The maximum Gasteiger partial charge on any atom is 0.0488 e. The van der Waals surface area contributed by atoms with Gasteiger partial charge >= 0.3 is 0 Å². The van der Waals surface area contributed by atoms with E-state index in [-0.39, 0.29) is 0 Å². The van der Waals surface area contributed by atoms with Gasteiger partial charge in [0.1, 0.15) is 0 Å². The summed E-state index contributed by atoms with van der Waals surface area (Å²) in [4.78, 5) is 2.39. The van der Waals surface area contributed by atoms with Gasteiger partial charge in [-0.3, -0.25) is 4.90 Å². The van der Waals surface area contributed by atoms with Crippen LogP contribution in [0.2, 0.25) is 0 Å². The van der Waals surface area contributed by atoms with Gasteiger partial charge in [0, 0.05) is 36.2 Å². The molecule has 3 heteroatoms. The Balaban J connectivity index is 2.09. The third-order valence-electron chi connectivity index (χ3n) is 4.77. The molecular formula is C18H27N3. The fourth-order valence-electron chi connectivity index (χ4n) is 3.72. The molecule has 3 nitrogen and oxygen atoms in total. The molecule has 0 saturated heterocycles. The number of rotatable bonds is 5. The van der Waals surface area contributed by atoms with Crippen molar-refractivity contribution in [2.24, 2.45) is 0 Å². The fraction of sp³-hybridized carbons (Fsp3) is 0.556. The monoisotopic (exact) mass is 285 g/mol. The van der Waals surface area contributed by atoms with Crippen molar-refractivity contribution in [2.45, 2.75) is 46.8 Å². The molecule has 2 heterocycles. The molecule has 0 aliphatic carbocycles. The highest BCUT2D eigenvalue weighted by molar-refractivity contribution is 5.87. The highest BCUT2D eigenvalue weighted by atomic mass is 15.1. The van der Waals surface area contributed by atoms with Crippen LogP contribution in [0.1, 0.15) is 36.2 Å². The second-order valence-electron chi connectivity index (χ2n) is 6.22. The third kappa shape index (κ3) is 2.49. The summed E-state index contributed by atoms with van der Waals surface area (Å²) >= 11 is 0. The Hall–Kier alpha value is -1.32. The van der Waals surface area contributed by atoms with Crippen LogP contribution in [0.3, 0.4) is 0 Å². The van der Waals surface area contributed by atoms with Crippen LogP contribution in [0, 0.1) is 6.92 Å². The molecule has 0 saturated carbocycles. The normalized spacial score (nSPS) is 15.0. The van der Waals surface area contributed by atoms with Crippen LogP contribution in [-0.2, 0) is 26.1 Å². The molecule has 1 aliphatic rings. The van der Waals surface area contributed by atoms with E-state index in [0.717, 1.165) is 39.1 Å². The molecule has 1 aromatic carbocycles.